The topological polar surface area (TPSA) is 498 Å². The number of ketones is 1. The molecule has 0 radical (unpaired) electrons. The van der Waals surface area contributed by atoms with Crippen LogP contribution in [0.1, 0.15) is 113 Å². The third-order valence-corrected chi connectivity index (χ3v) is 22.6. The molecule has 6 heterocycles. The number of rotatable bonds is 21. The molecule has 0 unspecified atom stereocenters. The maximum atomic E-state index is 13.3. The SMILES string of the molecule is CC(C)CC(=O)C[C@](C)(O)[C@H]1CC[C@H]2[C@@H]3C[C@H](O[C@@H]4O[C@H](C)[C@@H](O)[C@H](O[C@@H]5OC[C@@H](O[C@@H]6O[C@H](CO)[C@H](O)[C@H](O)[C@H]6O[C@@H]6O[C@H](C)[C@H](O)[C@H](O[C@@H]7O[C@@H](CO)[C@H](O)[C@H]7O)[C@H]6O)[C@H](O)[C@H]5O[C@@H]5O[C@H](C)[C@@H](O)[C@H](O)[C@H]5O)[C@H]4O)[C@H]4C[C@@H](OS(=O)(=O)[O-])CC[C@]4(C)C3=CC[C@@]21C. The van der Waals surface area contributed by atoms with E-state index in [0.29, 0.717) is 32.1 Å². The van der Waals surface area contributed by atoms with Gasteiger partial charge in [0.15, 0.2) is 37.7 Å². The molecule has 6 saturated heterocycles. The molecule has 9 fully saturated rings. The molecule has 0 spiro atoms. The highest BCUT2D eigenvalue weighted by molar-refractivity contribution is 7.80. The monoisotopic (exact) mass is 1380 g/mol. The maximum absolute atomic E-state index is 13.3. The molecule has 33 heteroatoms. The highest BCUT2D eigenvalue weighted by Gasteiger charge is 2.64. The van der Waals surface area contributed by atoms with Gasteiger partial charge in [0, 0.05) is 12.8 Å². The zero-order valence-electron chi connectivity index (χ0n) is 53.8. The average molecular weight is 1380 g/mol. The number of aliphatic hydroxyl groups excluding tert-OH is 14. The fraction of sp³-hybridized carbons (Fsp3) is 0.951. The molecule has 0 aromatic carbocycles. The summed E-state index contributed by atoms with van der Waals surface area (Å²) in [6.45, 7) is 11.6. The van der Waals surface area contributed by atoms with Crippen molar-refractivity contribution in [2.45, 2.75) is 303 Å². The van der Waals surface area contributed by atoms with E-state index in [-0.39, 0.29) is 55.1 Å². The minimum Gasteiger partial charge on any atom is -0.726 e. The molecule has 94 heavy (non-hydrogen) atoms. The standard InChI is InChI=1S/C61H100O32S/c1-22(2)15-26(64)18-61(8,77)36-10-9-29-28-17-32(31-16-27(93-94(78,79)80)11-13-59(31,6)30(28)12-14-60(29,36)7)85-55-47(75)50(39(67)24(4)83-55)90-57-51(91-53-46(74)43(71)37(65)23(3)82-53)42(70)35(21-81-57)88-58-52(44(72)40(68)33(19-62)87-58)92-56-48(76)49(38(66)25(5)84-56)89-54-45(73)41(69)34(20-63)86-54/h12,22-25,27-29,31-58,62-63,65-77H,9-11,13-21H2,1-8H3,(H,78,79,80)/p-1/t23-,24-,25-,27+,28+,29+,31-,32+,33-,34+,35-,36+,37-,38+,39-,40+,41+,42+,43+,44+,45-,46-,47-,48-,49+,50+,51-,52-,53+,54+,55+,56+,57+,58+,59-,60+,61+/m1/s1. The Labute approximate surface area is 544 Å². The number of aliphatic hydroxyl groups is 15. The van der Waals surface area contributed by atoms with E-state index >= 15 is 0 Å². The molecule has 10 rings (SSSR count). The molecule has 0 aromatic heterocycles. The average Bonchev–Trinajstić information content (AvgIpc) is 1.34. The minimum atomic E-state index is -5.16. The van der Waals surface area contributed by atoms with Gasteiger partial charge in [-0.05, 0) is 113 Å². The maximum Gasteiger partial charge on any atom is 0.217 e. The summed E-state index contributed by atoms with van der Waals surface area (Å²) in [7, 11) is -5.16. The van der Waals surface area contributed by atoms with Crippen LogP contribution in [0.4, 0.5) is 0 Å². The highest BCUT2D eigenvalue weighted by atomic mass is 32.3. The van der Waals surface area contributed by atoms with Crippen molar-refractivity contribution in [1.29, 1.82) is 0 Å². The summed E-state index contributed by atoms with van der Waals surface area (Å²) in [5.74, 6) is -0.975. The molecule has 10 aliphatic rings. The number of hydrogen-bond acceptors (Lipinski definition) is 32. The van der Waals surface area contributed by atoms with E-state index in [1.807, 2.05) is 13.8 Å². The summed E-state index contributed by atoms with van der Waals surface area (Å²) < 4.78 is 114. The van der Waals surface area contributed by atoms with E-state index in [1.54, 1.807) is 6.92 Å². The second kappa shape index (κ2) is 29.3. The van der Waals surface area contributed by atoms with Crippen LogP contribution in [-0.4, -0.2) is 305 Å². The van der Waals surface area contributed by atoms with E-state index in [9.17, 15) is 94.4 Å². The second-order valence-corrected chi connectivity index (χ2v) is 30.0. The Balaban J connectivity index is 0.904. The molecule has 0 amide bonds. The summed E-state index contributed by atoms with van der Waals surface area (Å²) in [6, 6.07) is 0. The van der Waals surface area contributed by atoms with Gasteiger partial charge in [-0.3, -0.25) is 8.98 Å². The van der Waals surface area contributed by atoms with Gasteiger partial charge >= 0.3 is 0 Å². The van der Waals surface area contributed by atoms with Crippen LogP contribution >= 0.6 is 0 Å². The molecule has 4 aliphatic carbocycles. The predicted octanol–water partition coefficient (Wildman–Crippen LogP) is -4.56. The van der Waals surface area contributed by atoms with Gasteiger partial charge in [-0.25, -0.2) is 8.42 Å². The van der Waals surface area contributed by atoms with Crippen molar-refractivity contribution in [2.24, 2.45) is 40.4 Å². The third kappa shape index (κ3) is 14.8. The summed E-state index contributed by atoms with van der Waals surface area (Å²) in [5.41, 5.74) is -1.39. The number of allylic oxidation sites excluding steroid dienone is 2. The molecule has 6 aliphatic heterocycles. The number of carbonyl (C=O) groups excluding carboxylic acids is 1. The number of carbonyl (C=O) groups is 1. The minimum absolute atomic E-state index is 0.00908. The van der Waals surface area contributed by atoms with Gasteiger partial charge < -0.3 is 138 Å². The van der Waals surface area contributed by atoms with Crippen LogP contribution in [0.15, 0.2) is 11.6 Å². The van der Waals surface area contributed by atoms with Crippen molar-refractivity contribution in [3.05, 3.63) is 11.6 Å². The Morgan fingerprint density at radius 3 is 1.68 bits per heavy atom. The van der Waals surface area contributed by atoms with Gasteiger partial charge in [0.2, 0.25) is 10.4 Å². The first-order valence-corrected chi connectivity index (χ1v) is 34.1. The molecule has 0 aromatic rings. The van der Waals surface area contributed by atoms with E-state index in [4.69, 9.17) is 61.0 Å². The molecule has 3 saturated carbocycles. The smallest absolute Gasteiger partial charge is 0.217 e. The lowest BCUT2D eigenvalue weighted by Gasteiger charge is -2.60. The first-order chi connectivity index (χ1) is 44.0. The van der Waals surface area contributed by atoms with Crippen LogP contribution in [0.25, 0.3) is 0 Å². The van der Waals surface area contributed by atoms with Gasteiger partial charge in [0.25, 0.3) is 0 Å². The van der Waals surface area contributed by atoms with Crippen LogP contribution in [0.3, 0.4) is 0 Å². The van der Waals surface area contributed by atoms with Crippen molar-refractivity contribution in [3.63, 3.8) is 0 Å². The fourth-order valence-corrected chi connectivity index (χ4v) is 17.5. The van der Waals surface area contributed by atoms with E-state index < -0.39 is 237 Å². The quantitative estimate of drug-likeness (QED) is 0.0292. The van der Waals surface area contributed by atoms with Gasteiger partial charge in [-0.1, -0.05) is 39.3 Å². The summed E-state index contributed by atoms with van der Waals surface area (Å²) >= 11 is 0. The Morgan fingerprint density at radius 2 is 1.10 bits per heavy atom. The fourth-order valence-electron chi connectivity index (χ4n) is 17.0. The zero-order valence-corrected chi connectivity index (χ0v) is 54.6. The first-order valence-electron chi connectivity index (χ1n) is 32.8. The lowest BCUT2D eigenvalue weighted by Crippen LogP contribution is -2.67. The van der Waals surface area contributed by atoms with Crippen LogP contribution < -0.4 is 0 Å². The van der Waals surface area contributed by atoms with Gasteiger partial charge in [-0.2, -0.15) is 0 Å². The number of Topliss-reactive ketones (excluding diaryl/α,β-unsaturated/α-hetero) is 1. The molecular weight excluding hydrogens is 1280 g/mol. The largest absolute Gasteiger partial charge is 0.726 e. The first kappa shape index (κ1) is 74.9. The highest BCUT2D eigenvalue weighted by Crippen LogP contribution is 2.67. The lowest BCUT2D eigenvalue weighted by molar-refractivity contribution is -0.400. The summed E-state index contributed by atoms with van der Waals surface area (Å²) in [4.78, 5) is 13.3. The van der Waals surface area contributed by atoms with Crippen molar-refractivity contribution >= 4 is 16.2 Å². The van der Waals surface area contributed by atoms with Crippen molar-refractivity contribution in [2.75, 3.05) is 19.8 Å². The van der Waals surface area contributed by atoms with Crippen LogP contribution in [0.5, 0.6) is 0 Å². The van der Waals surface area contributed by atoms with Crippen LogP contribution in [0, 0.1) is 40.4 Å². The van der Waals surface area contributed by atoms with E-state index in [1.165, 1.54) is 20.8 Å². The van der Waals surface area contributed by atoms with Crippen LogP contribution in [-0.2, 0) is 76.2 Å². The van der Waals surface area contributed by atoms with Crippen molar-refractivity contribution in [1.82, 2.24) is 0 Å². The molecule has 37 atom stereocenters. The molecular formula is C61H99O32S-. The van der Waals surface area contributed by atoms with Gasteiger partial charge in [-0.15, -0.1) is 0 Å². The van der Waals surface area contributed by atoms with Gasteiger partial charge in [0.1, 0.15) is 122 Å². The Hall–Kier alpha value is -1.80. The molecule has 32 nitrogen and oxygen atoms in total. The Bertz CT molecular complexity index is 2700. The summed E-state index contributed by atoms with van der Waals surface area (Å²) in [6.07, 6.45) is -45.5. The summed E-state index contributed by atoms with van der Waals surface area (Å²) in [5, 5.41) is 168. The molecule has 542 valence electrons. The number of ether oxygens (including phenoxy) is 12. The number of hydrogen-bond donors (Lipinski definition) is 15. The third-order valence-electron chi connectivity index (χ3n) is 22.1. The number of fused-ring (bicyclic) bond motifs is 5. The Kier molecular flexibility index (Phi) is 23.3. The molecule has 0 bridgehead atoms. The van der Waals surface area contributed by atoms with Crippen molar-refractivity contribution < 1.29 is 155 Å². The zero-order chi connectivity index (χ0) is 68.7. The predicted molar refractivity (Wildman–Crippen MR) is 310 cm³/mol. The second-order valence-electron chi connectivity index (χ2n) is 29.0. The molecule has 15 N–H and O–H groups in total. The van der Waals surface area contributed by atoms with E-state index in [0.717, 1.165) is 5.57 Å². The van der Waals surface area contributed by atoms with E-state index in [2.05, 4.69) is 19.9 Å². The van der Waals surface area contributed by atoms with Crippen molar-refractivity contribution in [3.8, 4) is 0 Å². The Morgan fingerprint density at radius 1 is 0.596 bits per heavy atom. The van der Waals surface area contributed by atoms with Crippen LogP contribution in [0.2, 0.25) is 0 Å². The normalized spacial score (nSPS) is 51.5. The lowest BCUT2D eigenvalue weighted by atomic mass is 9.47. The van der Waals surface area contributed by atoms with Gasteiger partial charge in [0.05, 0.1) is 55.9 Å².